The van der Waals surface area contributed by atoms with E-state index in [1.165, 1.54) is 18.2 Å². The summed E-state index contributed by atoms with van der Waals surface area (Å²) in [5.74, 6) is 0.178. The lowest BCUT2D eigenvalue weighted by Crippen LogP contribution is -2.07. The number of halogens is 2. The minimum atomic E-state index is -0.428. The normalized spacial score (nSPS) is 10.6. The number of rotatable bonds is 3. The first-order chi connectivity index (χ1) is 9.02. The Labute approximate surface area is 115 Å². The van der Waals surface area contributed by atoms with Gasteiger partial charge in [0.05, 0.1) is 10.7 Å². The maximum atomic E-state index is 13.0. The van der Waals surface area contributed by atoms with Gasteiger partial charge in [0.2, 0.25) is 5.88 Å². The first-order valence-electron chi connectivity index (χ1n) is 5.68. The van der Waals surface area contributed by atoms with Gasteiger partial charge in [0.15, 0.2) is 0 Å². The third-order valence-electron chi connectivity index (χ3n) is 2.85. The fourth-order valence-corrected chi connectivity index (χ4v) is 1.82. The lowest BCUT2D eigenvalue weighted by Gasteiger charge is -2.12. The van der Waals surface area contributed by atoms with Gasteiger partial charge in [0, 0.05) is 12.1 Å². The van der Waals surface area contributed by atoms with Crippen molar-refractivity contribution in [3.05, 3.63) is 45.9 Å². The fraction of sp³-hybridized carbons (Fsp3) is 0.231. The number of hydrogen-bond donors (Lipinski definition) is 1. The average Bonchev–Trinajstić information content (AvgIpc) is 2.37. The van der Waals surface area contributed by atoms with Crippen LogP contribution in [0.4, 0.5) is 4.39 Å². The number of benzene rings is 1. The first-order valence-corrected chi connectivity index (χ1v) is 6.06. The maximum absolute atomic E-state index is 13.0. The second-order valence-corrected chi connectivity index (χ2v) is 4.48. The van der Waals surface area contributed by atoms with Crippen molar-refractivity contribution in [2.45, 2.75) is 20.4 Å². The third-order valence-corrected chi connectivity index (χ3v) is 3.14. The monoisotopic (exact) mass is 281 g/mol. The van der Waals surface area contributed by atoms with Crippen LogP contribution in [-0.2, 0) is 6.54 Å². The summed E-state index contributed by atoms with van der Waals surface area (Å²) in [6, 6.07) is 3.88. The molecule has 0 aliphatic rings. The molecule has 2 rings (SSSR count). The molecule has 2 N–H and O–H groups in total. The molecule has 0 fully saturated rings. The highest BCUT2D eigenvalue weighted by Crippen LogP contribution is 2.31. The molecule has 19 heavy (non-hydrogen) atoms. The molecule has 0 unspecified atom stereocenters. The van der Waals surface area contributed by atoms with Crippen LogP contribution in [0.15, 0.2) is 18.2 Å². The molecule has 1 aromatic carbocycles. The van der Waals surface area contributed by atoms with Crippen LogP contribution in [0.25, 0.3) is 0 Å². The van der Waals surface area contributed by atoms with Crippen molar-refractivity contribution in [2.24, 2.45) is 5.73 Å². The van der Waals surface area contributed by atoms with E-state index in [-0.39, 0.29) is 11.6 Å². The zero-order valence-electron chi connectivity index (χ0n) is 10.6. The van der Waals surface area contributed by atoms with Crippen LogP contribution in [0.3, 0.4) is 0 Å². The van der Waals surface area contributed by atoms with Gasteiger partial charge in [0.1, 0.15) is 11.6 Å². The van der Waals surface area contributed by atoms with Crippen LogP contribution in [0.2, 0.25) is 5.02 Å². The zero-order chi connectivity index (χ0) is 14.0. The predicted octanol–water partition coefficient (Wildman–Crippen LogP) is 3.14. The molecule has 1 heterocycles. The van der Waals surface area contributed by atoms with Crippen molar-refractivity contribution in [1.29, 1.82) is 0 Å². The summed E-state index contributed by atoms with van der Waals surface area (Å²) in [7, 11) is 0. The van der Waals surface area contributed by atoms with Crippen molar-refractivity contribution >= 4 is 11.6 Å². The molecule has 6 heteroatoms. The topological polar surface area (TPSA) is 61.0 Å². The van der Waals surface area contributed by atoms with Crippen LogP contribution in [-0.4, -0.2) is 10.2 Å². The van der Waals surface area contributed by atoms with E-state index in [9.17, 15) is 4.39 Å². The molecule has 0 aliphatic carbocycles. The molecule has 2 aromatic rings. The maximum Gasteiger partial charge on any atom is 0.243 e. The lowest BCUT2D eigenvalue weighted by molar-refractivity contribution is 0.445. The molecule has 0 spiro atoms. The van der Waals surface area contributed by atoms with E-state index in [0.717, 1.165) is 16.8 Å². The Morgan fingerprint density at radius 3 is 2.68 bits per heavy atom. The lowest BCUT2D eigenvalue weighted by atomic mass is 10.1. The van der Waals surface area contributed by atoms with Crippen molar-refractivity contribution in [3.63, 3.8) is 0 Å². The molecule has 100 valence electrons. The Morgan fingerprint density at radius 2 is 2.05 bits per heavy atom. The Hall–Kier alpha value is -1.72. The highest BCUT2D eigenvalue weighted by atomic mass is 35.5. The molecule has 0 saturated carbocycles. The van der Waals surface area contributed by atoms with Crippen molar-refractivity contribution in [2.75, 3.05) is 0 Å². The molecule has 0 bridgehead atoms. The third kappa shape index (κ3) is 2.83. The van der Waals surface area contributed by atoms with E-state index in [0.29, 0.717) is 11.6 Å². The van der Waals surface area contributed by atoms with Crippen molar-refractivity contribution in [1.82, 2.24) is 10.2 Å². The number of ether oxygens (including phenoxy) is 1. The van der Waals surface area contributed by atoms with Gasteiger partial charge in [-0.05, 0) is 37.6 Å². The Balaban J connectivity index is 2.41. The smallest absolute Gasteiger partial charge is 0.243 e. The summed E-state index contributed by atoms with van der Waals surface area (Å²) in [5, 5.41) is 8.12. The molecular weight excluding hydrogens is 269 g/mol. The highest BCUT2D eigenvalue weighted by molar-refractivity contribution is 6.32. The largest absolute Gasteiger partial charge is 0.436 e. The Bertz CT molecular complexity index is 619. The number of aromatic nitrogens is 2. The van der Waals surface area contributed by atoms with Gasteiger partial charge in [-0.25, -0.2) is 4.39 Å². The number of aryl methyl sites for hydroxylation is 1. The quantitative estimate of drug-likeness (QED) is 0.939. The minimum Gasteiger partial charge on any atom is -0.436 e. The van der Waals surface area contributed by atoms with E-state index in [1.807, 2.05) is 13.8 Å². The van der Waals surface area contributed by atoms with Crippen LogP contribution >= 0.6 is 11.6 Å². The minimum absolute atomic E-state index is 0.169. The average molecular weight is 282 g/mol. The van der Waals surface area contributed by atoms with Gasteiger partial charge in [-0.15, -0.1) is 5.10 Å². The van der Waals surface area contributed by atoms with Crippen LogP contribution in [0.1, 0.15) is 16.8 Å². The van der Waals surface area contributed by atoms with E-state index in [2.05, 4.69) is 10.2 Å². The second-order valence-electron chi connectivity index (χ2n) is 4.08. The van der Waals surface area contributed by atoms with E-state index < -0.39 is 5.82 Å². The van der Waals surface area contributed by atoms with E-state index in [1.54, 1.807) is 0 Å². The molecule has 4 nitrogen and oxygen atoms in total. The standard InChI is InChI=1S/C13H13ClFN3O/c1-7-8(2)17-18-13(10(7)6-16)19-12-4-3-9(15)5-11(12)14/h3-5H,6,16H2,1-2H3. The summed E-state index contributed by atoms with van der Waals surface area (Å²) in [4.78, 5) is 0. The summed E-state index contributed by atoms with van der Waals surface area (Å²) in [6.07, 6.45) is 0. The van der Waals surface area contributed by atoms with Gasteiger partial charge < -0.3 is 10.5 Å². The first kappa shape index (κ1) is 13.7. The Morgan fingerprint density at radius 1 is 1.32 bits per heavy atom. The van der Waals surface area contributed by atoms with Gasteiger partial charge in [0.25, 0.3) is 0 Å². The second kappa shape index (κ2) is 5.50. The van der Waals surface area contributed by atoms with Gasteiger partial charge in [-0.2, -0.15) is 5.10 Å². The van der Waals surface area contributed by atoms with Gasteiger partial charge in [-0.1, -0.05) is 11.6 Å². The molecule has 1 aromatic heterocycles. The summed E-state index contributed by atoms with van der Waals surface area (Å²) in [5.41, 5.74) is 8.16. The Kier molecular flexibility index (Phi) is 3.97. The van der Waals surface area contributed by atoms with Gasteiger partial charge in [-0.3, -0.25) is 0 Å². The molecule has 0 amide bonds. The van der Waals surface area contributed by atoms with Gasteiger partial charge >= 0.3 is 0 Å². The van der Waals surface area contributed by atoms with Crippen LogP contribution < -0.4 is 10.5 Å². The summed E-state index contributed by atoms with van der Waals surface area (Å²) in [6.45, 7) is 4.01. The number of nitrogens with zero attached hydrogens (tertiary/aromatic N) is 2. The SMILES string of the molecule is Cc1nnc(Oc2ccc(F)cc2Cl)c(CN)c1C. The molecule has 0 atom stereocenters. The summed E-state index contributed by atoms with van der Waals surface area (Å²) < 4.78 is 18.5. The summed E-state index contributed by atoms with van der Waals surface area (Å²) >= 11 is 5.90. The van der Waals surface area contributed by atoms with Crippen molar-refractivity contribution < 1.29 is 9.13 Å². The number of hydrogen-bond acceptors (Lipinski definition) is 4. The highest BCUT2D eigenvalue weighted by Gasteiger charge is 2.13. The van der Waals surface area contributed by atoms with Crippen LogP contribution in [0, 0.1) is 19.7 Å². The number of nitrogens with two attached hydrogens (primary N) is 1. The fourth-order valence-electron chi connectivity index (χ4n) is 1.62. The zero-order valence-corrected chi connectivity index (χ0v) is 11.3. The molecule has 0 saturated heterocycles. The van der Waals surface area contributed by atoms with Crippen molar-refractivity contribution in [3.8, 4) is 11.6 Å². The molecule has 0 radical (unpaired) electrons. The van der Waals surface area contributed by atoms with Crippen LogP contribution in [0.5, 0.6) is 11.6 Å². The van der Waals surface area contributed by atoms with E-state index >= 15 is 0 Å². The molecule has 0 aliphatic heterocycles. The van der Waals surface area contributed by atoms with E-state index in [4.69, 9.17) is 22.1 Å². The predicted molar refractivity (Wildman–Crippen MR) is 70.9 cm³/mol. The molecular formula is C13H13ClFN3O.